The summed E-state index contributed by atoms with van der Waals surface area (Å²) in [5.41, 5.74) is 4.13. The predicted molar refractivity (Wildman–Crippen MR) is 101 cm³/mol. The highest BCUT2D eigenvalue weighted by Gasteiger charge is 2.34. The smallest absolute Gasteiger partial charge is 0.255 e. The van der Waals surface area contributed by atoms with Gasteiger partial charge in [0.1, 0.15) is 0 Å². The number of carbonyl (C=O) groups excluding carboxylic acids is 2. The van der Waals surface area contributed by atoms with Crippen LogP contribution in [0, 0.1) is 6.92 Å². The maximum atomic E-state index is 12.5. The zero-order valence-corrected chi connectivity index (χ0v) is 15.3. The maximum Gasteiger partial charge on any atom is 0.255 e. The molecular weight excluding hydrogens is 344 g/mol. The van der Waals surface area contributed by atoms with Crippen LogP contribution in [0.25, 0.3) is 0 Å². The minimum absolute atomic E-state index is 0.218. The summed E-state index contributed by atoms with van der Waals surface area (Å²) in [6, 6.07) is 15.4. The lowest BCUT2D eigenvalue weighted by molar-refractivity contribution is -0.153. The van der Waals surface area contributed by atoms with Gasteiger partial charge < -0.3 is 20.4 Å². The van der Waals surface area contributed by atoms with E-state index in [9.17, 15) is 19.8 Å². The summed E-state index contributed by atoms with van der Waals surface area (Å²) < 4.78 is 0. The minimum atomic E-state index is -1.81. The Kier molecular flexibility index (Phi) is 5.88. The van der Waals surface area contributed by atoms with Crippen LogP contribution in [-0.4, -0.2) is 45.7 Å². The lowest BCUT2D eigenvalue weighted by Gasteiger charge is -2.31. The van der Waals surface area contributed by atoms with E-state index in [0.29, 0.717) is 19.5 Å². The molecule has 0 aromatic heterocycles. The number of nitrogens with one attached hydrogen (secondary N) is 1. The van der Waals surface area contributed by atoms with Crippen LogP contribution in [0.2, 0.25) is 0 Å². The molecule has 0 saturated carbocycles. The molecule has 3 rings (SSSR count). The van der Waals surface area contributed by atoms with E-state index in [1.54, 1.807) is 0 Å². The average molecular weight is 368 g/mol. The molecule has 0 spiro atoms. The topological polar surface area (TPSA) is 89.9 Å². The van der Waals surface area contributed by atoms with Gasteiger partial charge in [-0.25, -0.2) is 0 Å². The molecular formula is C21H24N2O4. The van der Waals surface area contributed by atoms with Crippen LogP contribution in [0.15, 0.2) is 48.5 Å². The lowest BCUT2D eigenvalue weighted by Crippen LogP contribution is -2.51. The van der Waals surface area contributed by atoms with E-state index in [1.165, 1.54) is 10.5 Å². The number of hydrogen-bond acceptors (Lipinski definition) is 4. The van der Waals surface area contributed by atoms with Gasteiger partial charge in [0.25, 0.3) is 11.8 Å². The number of benzene rings is 2. The molecule has 27 heavy (non-hydrogen) atoms. The highest BCUT2D eigenvalue weighted by molar-refractivity contribution is 5.90. The van der Waals surface area contributed by atoms with Crippen LogP contribution >= 0.6 is 0 Å². The molecule has 3 N–H and O–H groups in total. The van der Waals surface area contributed by atoms with Crippen LogP contribution in [0.3, 0.4) is 0 Å². The van der Waals surface area contributed by atoms with Crippen molar-refractivity contribution in [2.45, 2.75) is 38.6 Å². The third kappa shape index (κ3) is 4.53. The number of aliphatic hydroxyl groups excluding tert-OH is 2. The normalized spacial score (nSPS) is 15.6. The summed E-state index contributed by atoms with van der Waals surface area (Å²) in [6.45, 7) is 2.98. The molecule has 142 valence electrons. The Morgan fingerprint density at radius 3 is 2.56 bits per heavy atom. The fourth-order valence-corrected chi connectivity index (χ4v) is 3.27. The van der Waals surface area contributed by atoms with Crippen LogP contribution in [0.4, 0.5) is 0 Å². The molecule has 0 fully saturated rings. The van der Waals surface area contributed by atoms with Crippen molar-refractivity contribution in [3.63, 3.8) is 0 Å². The average Bonchev–Trinajstić information content (AvgIpc) is 2.70. The summed E-state index contributed by atoms with van der Waals surface area (Å²) in [4.78, 5) is 26.1. The number of nitrogens with zero attached hydrogens (tertiary/aromatic N) is 1. The van der Waals surface area contributed by atoms with Gasteiger partial charge in [-0.2, -0.15) is 0 Å². The van der Waals surface area contributed by atoms with Gasteiger partial charge in [0.05, 0.1) is 0 Å². The third-order valence-corrected chi connectivity index (χ3v) is 4.81. The van der Waals surface area contributed by atoms with Crippen molar-refractivity contribution in [2.75, 3.05) is 6.54 Å². The van der Waals surface area contributed by atoms with Crippen LogP contribution < -0.4 is 5.32 Å². The van der Waals surface area contributed by atoms with Gasteiger partial charge >= 0.3 is 0 Å². The molecule has 2 aromatic rings. The fourth-order valence-electron chi connectivity index (χ4n) is 3.27. The van der Waals surface area contributed by atoms with Crippen molar-refractivity contribution in [1.82, 2.24) is 10.2 Å². The van der Waals surface area contributed by atoms with Gasteiger partial charge in [-0.1, -0.05) is 54.1 Å². The van der Waals surface area contributed by atoms with Crippen LogP contribution in [-0.2, 0) is 29.1 Å². The van der Waals surface area contributed by atoms with E-state index in [-0.39, 0.29) is 6.54 Å². The summed E-state index contributed by atoms with van der Waals surface area (Å²) in [5, 5.41) is 22.9. The minimum Gasteiger partial charge on any atom is -0.380 e. The Labute approximate surface area is 158 Å². The van der Waals surface area contributed by atoms with Gasteiger partial charge in [-0.05, 0) is 30.0 Å². The van der Waals surface area contributed by atoms with Crippen molar-refractivity contribution in [1.29, 1.82) is 0 Å². The van der Waals surface area contributed by atoms with E-state index >= 15 is 0 Å². The molecule has 1 aliphatic heterocycles. The zero-order chi connectivity index (χ0) is 19.4. The first-order valence-electron chi connectivity index (χ1n) is 9.00. The highest BCUT2D eigenvalue weighted by atomic mass is 16.3. The molecule has 1 heterocycles. The molecule has 0 bridgehead atoms. The highest BCUT2D eigenvalue weighted by Crippen LogP contribution is 2.19. The summed E-state index contributed by atoms with van der Waals surface area (Å²) in [6.07, 6.45) is -2.91. The molecule has 2 aromatic carbocycles. The molecule has 6 heteroatoms. The Bertz CT molecular complexity index is 836. The van der Waals surface area contributed by atoms with Crippen molar-refractivity contribution < 1.29 is 19.8 Å². The van der Waals surface area contributed by atoms with E-state index in [1.807, 2.05) is 55.5 Å². The van der Waals surface area contributed by atoms with Crippen molar-refractivity contribution in [3.8, 4) is 0 Å². The number of aryl methyl sites for hydroxylation is 1. The fraction of sp³-hybridized carbons (Fsp3) is 0.333. The number of rotatable bonds is 5. The second-order valence-electron chi connectivity index (χ2n) is 6.88. The zero-order valence-electron chi connectivity index (χ0n) is 15.3. The second-order valence-corrected chi connectivity index (χ2v) is 6.88. The monoisotopic (exact) mass is 368 g/mol. The van der Waals surface area contributed by atoms with Gasteiger partial charge in [0.2, 0.25) is 0 Å². The SMILES string of the molecule is Cc1cccc(CNC(=O)C(O)C(O)C(=O)N2CCc3ccccc3C2)c1. The Hall–Kier alpha value is -2.70. The number of fused-ring (bicyclic) bond motifs is 1. The molecule has 0 radical (unpaired) electrons. The van der Waals surface area contributed by atoms with E-state index in [4.69, 9.17) is 0 Å². The van der Waals surface area contributed by atoms with Gasteiger partial charge in [0, 0.05) is 19.6 Å². The summed E-state index contributed by atoms with van der Waals surface area (Å²) >= 11 is 0. The molecule has 1 aliphatic rings. The largest absolute Gasteiger partial charge is 0.380 e. The van der Waals surface area contributed by atoms with Crippen molar-refractivity contribution in [2.24, 2.45) is 0 Å². The van der Waals surface area contributed by atoms with Gasteiger partial charge in [-0.15, -0.1) is 0 Å². The molecule has 0 saturated heterocycles. The van der Waals surface area contributed by atoms with E-state index in [0.717, 1.165) is 16.7 Å². The molecule has 2 unspecified atom stereocenters. The van der Waals surface area contributed by atoms with Crippen LogP contribution in [0.1, 0.15) is 22.3 Å². The molecule has 6 nitrogen and oxygen atoms in total. The maximum absolute atomic E-state index is 12.5. The van der Waals surface area contributed by atoms with E-state index < -0.39 is 24.0 Å². The molecule has 2 amide bonds. The quantitative estimate of drug-likeness (QED) is 0.732. The van der Waals surface area contributed by atoms with Crippen molar-refractivity contribution >= 4 is 11.8 Å². The third-order valence-electron chi connectivity index (χ3n) is 4.81. The Morgan fingerprint density at radius 1 is 1.07 bits per heavy atom. The first kappa shape index (κ1) is 19.1. The van der Waals surface area contributed by atoms with Crippen LogP contribution in [0.5, 0.6) is 0 Å². The number of aliphatic hydroxyl groups is 2. The number of hydrogen-bond donors (Lipinski definition) is 3. The first-order chi connectivity index (χ1) is 13.0. The first-order valence-corrected chi connectivity index (χ1v) is 9.00. The number of amides is 2. The van der Waals surface area contributed by atoms with Crippen molar-refractivity contribution in [3.05, 3.63) is 70.8 Å². The lowest BCUT2D eigenvalue weighted by atomic mass is 9.99. The summed E-state index contributed by atoms with van der Waals surface area (Å²) in [7, 11) is 0. The Balaban J connectivity index is 1.57. The predicted octanol–water partition coefficient (Wildman–Crippen LogP) is 0.918. The molecule has 0 aliphatic carbocycles. The second kappa shape index (κ2) is 8.33. The van der Waals surface area contributed by atoms with Gasteiger partial charge in [0.15, 0.2) is 12.2 Å². The summed E-state index contributed by atoms with van der Waals surface area (Å²) in [5.74, 6) is -1.41. The molecule has 2 atom stereocenters. The van der Waals surface area contributed by atoms with Gasteiger partial charge in [-0.3, -0.25) is 9.59 Å². The Morgan fingerprint density at radius 2 is 1.81 bits per heavy atom. The number of carbonyl (C=O) groups is 2. The standard InChI is InChI=1S/C21H24N2O4/c1-14-5-4-6-15(11-14)12-22-20(26)18(24)19(25)21(27)23-10-9-16-7-2-3-8-17(16)13-23/h2-8,11,18-19,24-25H,9-10,12-13H2,1H3,(H,22,26). The van der Waals surface area contributed by atoms with E-state index in [2.05, 4.69) is 5.32 Å².